The van der Waals surface area contributed by atoms with E-state index >= 15 is 0 Å². The van der Waals surface area contributed by atoms with Crippen molar-refractivity contribution in [3.8, 4) is 17.1 Å². The molecule has 0 saturated carbocycles. The minimum absolute atomic E-state index is 0.0298. The van der Waals surface area contributed by atoms with Crippen molar-refractivity contribution in [1.29, 1.82) is 0 Å². The number of benzene rings is 2. The number of rotatable bonds is 7. The monoisotopic (exact) mass is 500 g/mol. The maximum absolute atomic E-state index is 11.0. The van der Waals surface area contributed by atoms with Gasteiger partial charge in [0.1, 0.15) is 23.3 Å². The zero-order valence-corrected chi connectivity index (χ0v) is 20.5. The van der Waals surface area contributed by atoms with Gasteiger partial charge in [-0.15, -0.1) is 0 Å². The summed E-state index contributed by atoms with van der Waals surface area (Å²) in [6, 6.07) is 23.1. The molecule has 0 aliphatic carbocycles. The lowest BCUT2D eigenvalue weighted by molar-refractivity contribution is -0.384. The number of thiocarbonyl (C=S) groups is 1. The van der Waals surface area contributed by atoms with E-state index in [0.29, 0.717) is 16.6 Å². The summed E-state index contributed by atoms with van der Waals surface area (Å²) in [4.78, 5) is 17.2. The van der Waals surface area contributed by atoms with E-state index in [4.69, 9.17) is 21.4 Å². The van der Waals surface area contributed by atoms with Gasteiger partial charge in [0.2, 0.25) is 0 Å². The Balaban J connectivity index is 1.52. The Kier molecular flexibility index (Phi) is 6.39. The summed E-state index contributed by atoms with van der Waals surface area (Å²) in [7, 11) is 0. The fourth-order valence-corrected chi connectivity index (χ4v) is 4.64. The third-order valence-electron chi connectivity index (χ3n) is 5.87. The van der Waals surface area contributed by atoms with Crippen LogP contribution in [0.2, 0.25) is 0 Å². The highest BCUT2D eigenvalue weighted by molar-refractivity contribution is 7.80. The molecule has 1 aliphatic rings. The first-order valence-corrected chi connectivity index (χ1v) is 11.9. The number of aromatic nitrogens is 1. The number of non-ortho nitro benzene ring substituents is 1. The van der Waals surface area contributed by atoms with Gasteiger partial charge in [-0.3, -0.25) is 15.1 Å². The van der Waals surface area contributed by atoms with Crippen molar-refractivity contribution < 1.29 is 14.1 Å². The van der Waals surface area contributed by atoms with Gasteiger partial charge < -0.3 is 19.4 Å². The number of furan rings is 1. The molecule has 1 saturated heterocycles. The van der Waals surface area contributed by atoms with Crippen molar-refractivity contribution >= 4 is 28.7 Å². The highest BCUT2D eigenvalue weighted by atomic mass is 32.1. The molecule has 4 aromatic rings. The molecule has 0 amide bonds. The minimum atomic E-state index is -0.421. The Labute approximate surface area is 213 Å². The Bertz CT molecular complexity index is 1370. The van der Waals surface area contributed by atoms with Gasteiger partial charge in [0.05, 0.1) is 22.8 Å². The van der Waals surface area contributed by atoms with E-state index in [0.717, 1.165) is 22.7 Å². The highest BCUT2D eigenvalue weighted by Crippen LogP contribution is 2.43. The van der Waals surface area contributed by atoms with Gasteiger partial charge in [0.25, 0.3) is 5.69 Å². The summed E-state index contributed by atoms with van der Waals surface area (Å²) >= 11 is 5.77. The van der Waals surface area contributed by atoms with Gasteiger partial charge in [0, 0.05) is 29.6 Å². The predicted molar refractivity (Wildman–Crippen MR) is 141 cm³/mol. The topological polar surface area (TPSA) is 93.7 Å². The van der Waals surface area contributed by atoms with E-state index in [1.165, 1.54) is 12.1 Å². The van der Waals surface area contributed by atoms with E-state index in [1.54, 1.807) is 18.3 Å². The Hall–Kier alpha value is -4.24. The standard InChI is InChI=1S/C27H24N4O4S/c1-17(2)34-21-12-10-19(11-13-21)30-26(25(29-27(30)36)22-5-3-4-16-28-22)24-15-14-23(35-24)18-6-8-20(9-7-18)31(32)33/h3-17,25-26H,1-2H3,(H,29,36). The molecule has 2 aromatic carbocycles. The van der Waals surface area contributed by atoms with Crippen LogP contribution in [0.1, 0.15) is 37.4 Å². The second-order valence-electron chi connectivity index (χ2n) is 8.66. The molecule has 0 bridgehead atoms. The van der Waals surface area contributed by atoms with Crippen LogP contribution in [0.15, 0.2) is 89.5 Å². The molecule has 5 rings (SSSR count). The maximum Gasteiger partial charge on any atom is 0.269 e. The van der Waals surface area contributed by atoms with Crippen molar-refractivity contribution in [2.75, 3.05) is 4.90 Å². The summed E-state index contributed by atoms with van der Waals surface area (Å²) in [5.41, 5.74) is 2.50. The number of ether oxygens (including phenoxy) is 1. The molecule has 8 nitrogen and oxygen atoms in total. The molecule has 1 aliphatic heterocycles. The summed E-state index contributed by atoms with van der Waals surface area (Å²) in [6.45, 7) is 3.97. The van der Waals surface area contributed by atoms with Crippen LogP contribution in [-0.2, 0) is 0 Å². The average molecular weight is 501 g/mol. The van der Waals surface area contributed by atoms with Crippen LogP contribution >= 0.6 is 12.2 Å². The SMILES string of the molecule is CC(C)Oc1ccc(N2C(=S)NC(c3ccccn3)C2c2ccc(-c3ccc([N+](=O)[O-])cc3)o2)cc1. The van der Waals surface area contributed by atoms with Crippen LogP contribution in [0, 0.1) is 10.1 Å². The third-order valence-corrected chi connectivity index (χ3v) is 6.18. The molecule has 0 spiro atoms. The zero-order chi connectivity index (χ0) is 25.2. The van der Waals surface area contributed by atoms with Crippen LogP contribution < -0.4 is 15.0 Å². The fourth-order valence-electron chi connectivity index (χ4n) is 4.29. The first-order valence-electron chi connectivity index (χ1n) is 11.5. The molecule has 0 radical (unpaired) electrons. The van der Waals surface area contributed by atoms with Crippen LogP contribution in [0.5, 0.6) is 5.75 Å². The number of hydrogen-bond donors (Lipinski definition) is 1. The zero-order valence-electron chi connectivity index (χ0n) is 19.7. The third kappa shape index (κ3) is 4.65. The first-order chi connectivity index (χ1) is 17.4. The summed E-state index contributed by atoms with van der Waals surface area (Å²) < 4.78 is 12.1. The molecule has 2 atom stereocenters. The molecule has 1 fully saturated rings. The van der Waals surface area contributed by atoms with Crippen molar-refractivity contribution in [1.82, 2.24) is 10.3 Å². The fraction of sp³-hybridized carbons (Fsp3) is 0.185. The normalized spacial score (nSPS) is 17.3. The molecule has 1 N–H and O–H groups in total. The Morgan fingerprint density at radius 1 is 1.06 bits per heavy atom. The van der Waals surface area contributed by atoms with Crippen LogP contribution in [0.4, 0.5) is 11.4 Å². The lowest BCUT2D eigenvalue weighted by atomic mass is 10.0. The molecular weight excluding hydrogens is 476 g/mol. The van der Waals surface area contributed by atoms with Gasteiger partial charge in [-0.2, -0.15) is 0 Å². The van der Waals surface area contributed by atoms with Gasteiger partial charge >= 0.3 is 0 Å². The molecule has 36 heavy (non-hydrogen) atoms. The van der Waals surface area contributed by atoms with Crippen LogP contribution in [0.3, 0.4) is 0 Å². The summed E-state index contributed by atoms with van der Waals surface area (Å²) in [6.07, 6.45) is 1.83. The molecule has 2 unspecified atom stereocenters. The number of hydrogen-bond acceptors (Lipinski definition) is 6. The lowest BCUT2D eigenvalue weighted by Gasteiger charge is -2.26. The summed E-state index contributed by atoms with van der Waals surface area (Å²) in [5.74, 6) is 2.08. The quantitative estimate of drug-likeness (QED) is 0.182. The number of nitrogens with zero attached hydrogens (tertiary/aromatic N) is 3. The number of nitrogens with one attached hydrogen (secondary N) is 1. The second-order valence-corrected chi connectivity index (χ2v) is 9.05. The van der Waals surface area contributed by atoms with Gasteiger partial charge in [0.15, 0.2) is 5.11 Å². The Morgan fingerprint density at radius 2 is 1.81 bits per heavy atom. The number of anilines is 1. The van der Waals surface area contributed by atoms with E-state index in [1.807, 2.05) is 73.3 Å². The first kappa shape index (κ1) is 23.5. The number of pyridine rings is 1. The smallest absolute Gasteiger partial charge is 0.269 e. The molecular formula is C27H24N4O4S. The van der Waals surface area contributed by atoms with Crippen molar-refractivity contribution in [3.63, 3.8) is 0 Å². The van der Waals surface area contributed by atoms with Crippen molar-refractivity contribution in [3.05, 3.63) is 107 Å². The van der Waals surface area contributed by atoms with Gasteiger partial charge in [-0.1, -0.05) is 6.07 Å². The van der Waals surface area contributed by atoms with Gasteiger partial charge in [-0.05, 0) is 86.7 Å². The van der Waals surface area contributed by atoms with Crippen molar-refractivity contribution in [2.24, 2.45) is 0 Å². The van der Waals surface area contributed by atoms with Gasteiger partial charge in [-0.25, -0.2) is 0 Å². The van der Waals surface area contributed by atoms with E-state index in [-0.39, 0.29) is 23.9 Å². The Morgan fingerprint density at radius 3 is 2.44 bits per heavy atom. The minimum Gasteiger partial charge on any atom is -0.491 e. The largest absolute Gasteiger partial charge is 0.491 e. The second kappa shape index (κ2) is 9.79. The summed E-state index contributed by atoms with van der Waals surface area (Å²) in [5, 5.41) is 15.0. The maximum atomic E-state index is 11.0. The average Bonchev–Trinajstić information content (AvgIpc) is 3.49. The molecule has 182 valence electrons. The lowest BCUT2D eigenvalue weighted by Crippen LogP contribution is -2.29. The van der Waals surface area contributed by atoms with E-state index in [9.17, 15) is 10.1 Å². The molecule has 2 aromatic heterocycles. The van der Waals surface area contributed by atoms with E-state index in [2.05, 4.69) is 10.3 Å². The van der Waals surface area contributed by atoms with Crippen molar-refractivity contribution in [2.45, 2.75) is 32.0 Å². The van der Waals surface area contributed by atoms with Crippen LogP contribution in [0.25, 0.3) is 11.3 Å². The number of nitro benzene ring substituents is 1. The molecule has 9 heteroatoms. The van der Waals surface area contributed by atoms with Crippen LogP contribution in [-0.4, -0.2) is 21.1 Å². The van der Waals surface area contributed by atoms with E-state index < -0.39 is 4.92 Å². The predicted octanol–water partition coefficient (Wildman–Crippen LogP) is 6.21. The number of nitro groups is 1. The highest BCUT2D eigenvalue weighted by Gasteiger charge is 2.42. The molecule has 3 heterocycles.